The van der Waals surface area contributed by atoms with Gasteiger partial charge in [0.2, 0.25) is 11.8 Å². The van der Waals surface area contributed by atoms with Crippen molar-refractivity contribution in [3.8, 4) is 11.8 Å². The van der Waals surface area contributed by atoms with Crippen molar-refractivity contribution in [1.29, 1.82) is 0 Å². The van der Waals surface area contributed by atoms with Gasteiger partial charge in [0.1, 0.15) is 0 Å². The van der Waals surface area contributed by atoms with Gasteiger partial charge in [-0.05, 0) is 52.9 Å². The zero-order chi connectivity index (χ0) is 27.3. The Kier molecular flexibility index (Phi) is 8.28. The summed E-state index contributed by atoms with van der Waals surface area (Å²) in [5.41, 5.74) is 2.51. The van der Waals surface area contributed by atoms with E-state index in [2.05, 4.69) is 35.5 Å². The molecule has 1 atom stereocenters. The first kappa shape index (κ1) is 27.5. The minimum atomic E-state index is -3.72. The predicted molar refractivity (Wildman–Crippen MR) is 152 cm³/mol. The van der Waals surface area contributed by atoms with Gasteiger partial charge in [-0.3, -0.25) is 4.72 Å². The van der Waals surface area contributed by atoms with Crippen LogP contribution in [0, 0.1) is 0 Å². The number of aromatic nitrogens is 2. The normalized spacial score (nSPS) is 12.6. The van der Waals surface area contributed by atoms with E-state index < -0.39 is 10.0 Å². The van der Waals surface area contributed by atoms with Crippen LogP contribution in [0.4, 0.5) is 5.69 Å². The molecule has 4 aromatic rings. The smallest absolute Gasteiger partial charge is 0.261 e. The van der Waals surface area contributed by atoms with E-state index in [1.54, 1.807) is 56.3 Å². The van der Waals surface area contributed by atoms with Crippen molar-refractivity contribution in [3.63, 3.8) is 0 Å². The number of nitrogens with zero attached hydrogens (tertiary/aromatic N) is 2. The molecule has 7 nitrogen and oxygen atoms in total. The molecule has 0 aliphatic rings. The molecule has 1 N–H and O–H groups in total. The highest BCUT2D eigenvalue weighted by Crippen LogP contribution is 2.40. The van der Waals surface area contributed by atoms with Crippen LogP contribution in [0.3, 0.4) is 0 Å². The Hall–Kier alpha value is -3.56. The van der Waals surface area contributed by atoms with Gasteiger partial charge in [0.15, 0.2) is 5.82 Å². The van der Waals surface area contributed by atoms with Gasteiger partial charge in [-0.15, -0.1) is 11.8 Å². The molecule has 0 spiro atoms. The molecule has 0 saturated heterocycles. The summed E-state index contributed by atoms with van der Waals surface area (Å²) in [5, 5.41) is -0.246. The molecule has 0 radical (unpaired) electrons. The second-order valence-electron chi connectivity index (χ2n) is 9.62. The summed E-state index contributed by atoms with van der Waals surface area (Å²) in [4.78, 5) is 10.3. The largest absolute Gasteiger partial charge is 0.481 e. The molecule has 1 aromatic heterocycles. The first-order valence-electron chi connectivity index (χ1n) is 12.0. The number of benzene rings is 3. The van der Waals surface area contributed by atoms with E-state index >= 15 is 0 Å². The van der Waals surface area contributed by atoms with Gasteiger partial charge >= 0.3 is 0 Å². The minimum absolute atomic E-state index is 0.0537. The molecule has 1 heterocycles. The second-order valence-corrected chi connectivity index (χ2v) is 12.5. The van der Waals surface area contributed by atoms with Crippen molar-refractivity contribution in [3.05, 3.63) is 102 Å². The van der Waals surface area contributed by atoms with Crippen LogP contribution < -0.4 is 14.2 Å². The van der Waals surface area contributed by atoms with Gasteiger partial charge in [0.25, 0.3) is 10.0 Å². The van der Waals surface area contributed by atoms with Gasteiger partial charge in [-0.2, -0.15) is 9.97 Å². The van der Waals surface area contributed by atoms with Crippen molar-refractivity contribution >= 4 is 27.5 Å². The van der Waals surface area contributed by atoms with E-state index in [-0.39, 0.29) is 15.6 Å². The summed E-state index contributed by atoms with van der Waals surface area (Å²) >= 11 is 1.55. The van der Waals surface area contributed by atoms with Crippen LogP contribution in [0.1, 0.15) is 43.0 Å². The number of methoxy groups -OCH3 is 2. The van der Waals surface area contributed by atoms with E-state index in [1.165, 1.54) is 0 Å². The van der Waals surface area contributed by atoms with Crippen molar-refractivity contribution in [2.75, 3.05) is 18.9 Å². The van der Waals surface area contributed by atoms with Crippen LogP contribution >= 0.6 is 11.8 Å². The first-order valence-corrected chi connectivity index (χ1v) is 14.4. The van der Waals surface area contributed by atoms with Crippen molar-refractivity contribution in [1.82, 2.24) is 9.97 Å². The SMILES string of the molecule is COc1cc(OC)nc([C@@H](Sc2ccc(NS(=O)(=O)c3ccc(C(C)(C)C)cc3)cc2)c2ccccc2)n1. The number of ether oxygens (including phenoxy) is 2. The molecule has 9 heteroatoms. The molecule has 0 fully saturated rings. The molecule has 4 rings (SSSR count). The van der Waals surface area contributed by atoms with E-state index in [9.17, 15) is 8.42 Å². The summed E-state index contributed by atoms with van der Waals surface area (Å²) in [6.45, 7) is 6.27. The lowest BCUT2D eigenvalue weighted by molar-refractivity contribution is 0.368. The Morgan fingerprint density at radius 3 is 1.92 bits per heavy atom. The molecule has 0 aliphatic carbocycles. The maximum atomic E-state index is 13.0. The lowest BCUT2D eigenvalue weighted by Gasteiger charge is -2.19. The fourth-order valence-corrected chi connectivity index (χ4v) is 5.86. The molecule has 198 valence electrons. The van der Waals surface area contributed by atoms with E-state index in [1.807, 2.05) is 54.6 Å². The van der Waals surface area contributed by atoms with Crippen LogP contribution in [-0.4, -0.2) is 32.6 Å². The molecule has 3 aromatic carbocycles. The standard InChI is InChI=1S/C29H31N3O4S2/c1-29(2,3)21-11-17-24(18-12-21)38(33,34)32-22-13-15-23(16-14-22)37-27(20-9-7-6-8-10-20)28-30-25(35-4)19-26(31-28)36-5/h6-19,27,32H,1-5H3/t27-/m0/s1. The Morgan fingerprint density at radius 2 is 1.39 bits per heavy atom. The van der Waals surface area contributed by atoms with E-state index in [0.29, 0.717) is 23.3 Å². The number of anilines is 1. The maximum Gasteiger partial charge on any atom is 0.261 e. The summed E-state index contributed by atoms with van der Waals surface area (Å²) in [5.74, 6) is 1.36. The highest BCUT2D eigenvalue weighted by Gasteiger charge is 2.22. The molecule has 0 aliphatic heterocycles. The summed E-state index contributed by atoms with van der Waals surface area (Å²) in [7, 11) is -0.616. The summed E-state index contributed by atoms with van der Waals surface area (Å²) < 4.78 is 39.3. The maximum absolute atomic E-state index is 13.0. The monoisotopic (exact) mass is 549 g/mol. The Bertz CT molecular complexity index is 1450. The number of rotatable bonds is 9. The number of nitrogens with one attached hydrogen (secondary N) is 1. The Morgan fingerprint density at radius 1 is 0.816 bits per heavy atom. The molecule has 0 bridgehead atoms. The Balaban J connectivity index is 1.56. The molecule has 0 unspecified atom stereocenters. The van der Waals surface area contributed by atoms with Gasteiger partial charge in [-0.1, -0.05) is 63.2 Å². The molecular formula is C29H31N3O4S2. The third-order valence-corrected chi connectivity index (χ3v) is 8.50. The first-order chi connectivity index (χ1) is 18.1. The highest BCUT2D eigenvalue weighted by molar-refractivity contribution is 7.99. The van der Waals surface area contributed by atoms with Crippen LogP contribution in [0.2, 0.25) is 0 Å². The van der Waals surface area contributed by atoms with Crippen LogP contribution in [0.25, 0.3) is 0 Å². The lowest BCUT2D eigenvalue weighted by atomic mass is 9.87. The number of hydrogen-bond donors (Lipinski definition) is 1. The fourth-order valence-electron chi connectivity index (χ4n) is 3.73. The zero-order valence-electron chi connectivity index (χ0n) is 22.0. The highest BCUT2D eigenvalue weighted by atomic mass is 32.2. The van der Waals surface area contributed by atoms with Crippen LogP contribution in [0.15, 0.2) is 94.7 Å². The average Bonchev–Trinajstić information content (AvgIpc) is 2.92. The third-order valence-electron chi connectivity index (χ3n) is 5.84. The molecule has 0 saturated carbocycles. The van der Waals surface area contributed by atoms with Gasteiger partial charge < -0.3 is 9.47 Å². The van der Waals surface area contributed by atoms with Crippen molar-refractivity contribution < 1.29 is 17.9 Å². The number of thioether (sulfide) groups is 1. The van der Waals surface area contributed by atoms with Crippen LogP contribution in [0.5, 0.6) is 11.8 Å². The van der Waals surface area contributed by atoms with Crippen LogP contribution in [-0.2, 0) is 15.4 Å². The fraction of sp³-hybridized carbons (Fsp3) is 0.241. The molecule has 38 heavy (non-hydrogen) atoms. The van der Waals surface area contributed by atoms with Crippen molar-refractivity contribution in [2.24, 2.45) is 0 Å². The summed E-state index contributed by atoms with van der Waals surface area (Å²) in [6, 6.07) is 25.8. The van der Waals surface area contributed by atoms with E-state index in [4.69, 9.17) is 9.47 Å². The minimum Gasteiger partial charge on any atom is -0.481 e. The lowest BCUT2D eigenvalue weighted by Crippen LogP contribution is -2.14. The zero-order valence-corrected chi connectivity index (χ0v) is 23.6. The predicted octanol–water partition coefficient (Wildman–Crippen LogP) is 6.47. The Labute approximate surface area is 228 Å². The van der Waals surface area contributed by atoms with Gasteiger partial charge in [-0.25, -0.2) is 8.42 Å². The van der Waals surface area contributed by atoms with Gasteiger partial charge in [0.05, 0.1) is 30.4 Å². The third kappa shape index (κ3) is 6.65. The second kappa shape index (κ2) is 11.4. The summed E-state index contributed by atoms with van der Waals surface area (Å²) in [6.07, 6.45) is 0. The number of sulfonamides is 1. The van der Waals surface area contributed by atoms with Gasteiger partial charge in [0, 0.05) is 10.6 Å². The molecule has 0 amide bonds. The van der Waals surface area contributed by atoms with Crippen molar-refractivity contribution in [2.45, 2.75) is 41.2 Å². The topological polar surface area (TPSA) is 90.4 Å². The number of hydrogen-bond acceptors (Lipinski definition) is 7. The average molecular weight is 550 g/mol. The molecular weight excluding hydrogens is 518 g/mol. The van der Waals surface area contributed by atoms with E-state index in [0.717, 1.165) is 16.0 Å². The quantitative estimate of drug-likeness (QED) is 0.239.